The molecule has 1 saturated heterocycles. The van der Waals surface area contributed by atoms with Gasteiger partial charge in [0, 0.05) is 23.1 Å². The van der Waals surface area contributed by atoms with Gasteiger partial charge in [-0.15, -0.1) is 0 Å². The van der Waals surface area contributed by atoms with E-state index in [4.69, 9.17) is 4.74 Å². The van der Waals surface area contributed by atoms with Crippen molar-refractivity contribution in [2.45, 2.75) is 19.6 Å². The maximum Gasteiger partial charge on any atom is 0.295 e. The number of aliphatic hydroxyl groups is 1. The Labute approximate surface area is 219 Å². The van der Waals surface area contributed by atoms with Gasteiger partial charge in [0.1, 0.15) is 18.1 Å². The molecule has 7 heteroatoms. The number of ketones is 1. The molecular weight excluding hydrogens is 520 g/mol. The van der Waals surface area contributed by atoms with Crippen molar-refractivity contribution in [1.29, 1.82) is 0 Å². The molecule has 4 rings (SSSR count). The van der Waals surface area contributed by atoms with Crippen molar-refractivity contribution < 1.29 is 19.4 Å². The summed E-state index contributed by atoms with van der Waals surface area (Å²) in [7, 11) is 3.82. The van der Waals surface area contributed by atoms with Gasteiger partial charge in [-0.1, -0.05) is 52.3 Å². The van der Waals surface area contributed by atoms with E-state index in [0.29, 0.717) is 31.0 Å². The molecule has 1 unspecified atom stereocenters. The largest absolute Gasteiger partial charge is 0.507 e. The fourth-order valence-electron chi connectivity index (χ4n) is 4.24. The first-order valence-electron chi connectivity index (χ1n) is 11.7. The second-order valence-electron chi connectivity index (χ2n) is 9.09. The summed E-state index contributed by atoms with van der Waals surface area (Å²) in [6.45, 7) is 3.41. The van der Waals surface area contributed by atoms with Gasteiger partial charge in [-0.25, -0.2) is 0 Å². The number of amides is 1. The van der Waals surface area contributed by atoms with E-state index >= 15 is 0 Å². The Balaban J connectivity index is 1.65. The van der Waals surface area contributed by atoms with Gasteiger partial charge in [0.2, 0.25) is 0 Å². The lowest BCUT2D eigenvalue weighted by atomic mass is 9.95. The third-order valence-electron chi connectivity index (χ3n) is 6.28. The van der Waals surface area contributed by atoms with Crippen LogP contribution in [0.5, 0.6) is 5.75 Å². The molecule has 186 valence electrons. The topological polar surface area (TPSA) is 70.1 Å². The number of likely N-dealkylation sites (tertiary alicyclic amines) is 1. The second kappa shape index (κ2) is 11.1. The quantitative estimate of drug-likeness (QED) is 0.234. The number of carbonyl (C=O) groups excluding carboxylic acids is 2. The van der Waals surface area contributed by atoms with E-state index in [1.165, 1.54) is 4.90 Å². The van der Waals surface area contributed by atoms with Crippen molar-refractivity contribution >= 4 is 33.4 Å². The number of nitrogens with zero attached hydrogens (tertiary/aromatic N) is 2. The SMILES string of the molecule is Cc1ccccc1COc1ccc(C(O)=C2C(=O)C(=O)N(CCN(C)C)C2c2cccc(Br)c2)cc1. The summed E-state index contributed by atoms with van der Waals surface area (Å²) in [6.07, 6.45) is 0. The van der Waals surface area contributed by atoms with Crippen molar-refractivity contribution in [2.24, 2.45) is 0 Å². The Morgan fingerprint density at radius 1 is 1.03 bits per heavy atom. The number of aliphatic hydroxyl groups excluding tert-OH is 1. The van der Waals surface area contributed by atoms with Crippen LogP contribution in [-0.4, -0.2) is 53.8 Å². The summed E-state index contributed by atoms with van der Waals surface area (Å²) in [5.41, 5.74) is 3.53. The lowest BCUT2D eigenvalue weighted by molar-refractivity contribution is -0.140. The van der Waals surface area contributed by atoms with Crippen LogP contribution in [0.15, 0.2) is 82.8 Å². The van der Waals surface area contributed by atoms with E-state index in [1.54, 1.807) is 24.3 Å². The van der Waals surface area contributed by atoms with Crippen LogP contribution in [0.2, 0.25) is 0 Å². The molecule has 1 aliphatic heterocycles. The third kappa shape index (κ3) is 5.53. The van der Waals surface area contributed by atoms with Crippen LogP contribution in [0.25, 0.3) is 5.76 Å². The average Bonchev–Trinajstić information content (AvgIpc) is 3.12. The molecule has 1 amide bonds. The fraction of sp³-hybridized carbons (Fsp3) is 0.241. The van der Waals surface area contributed by atoms with E-state index in [1.807, 2.05) is 74.4 Å². The summed E-state index contributed by atoms with van der Waals surface area (Å²) in [4.78, 5) is 29.6. The third-order valence-corrected chi connectivity index (χ3v) is 6.77. The van der Waals surface area contributed by atoms with E-state index in [0.717, 1.165) is 21.2 Å². The minimum absolute atomic E-state index is 0.0884. The molecule has 1 N–H and O–H groups in total. The number of carbonyl (C=O) groups is 2. The molecule has 1 heterocycles. The van der Waals surface area contributed by atoms with Crippen molar-refractivity contribution in [2.75, 3.05) is 27.2 Å². The van der Waals surface area contributed by atoms with E-state index < -0.39 is 17.7 Å². The zero-order valence-electron chi connectivity index (χ0n) is 20.6. The number of hydrogen-bond acceptors (Lipinski definition) is 5. The molecule has 0 bridgehead atoms. The smallest absolute Gasteiger partial charge is 0.295 e. The lowest BCUT2D eigenvalue weighted by Gasteiger charge is -2.26. The van der Waals surface area contributed by atoms with Crippen LogP contribution < -0.4 is 4.74 Å². The Hall–Kier alpha value is -3.42. The average molecular weight is 549 g/mol. The molecule has 0 radical (unpaired) electrons. The van der Waals surface area contributed by atoms with Crippen molar-refractivity contribution in [1.82, 2.24) is 9.80 Å². The van der Waals surface area contributed by atoms with E-state index in [2.05, 4.69) is 15.9 Å². The summed E-state index contributed by atoms with van der Waals surface area (Å²) >= 11 is 3.48. The highest BCUT2D eigenvalue weighted by Gasteiger charge is 2.45. The van der Waals surface area contributed by atoms with Crippen LogP contribution in [0, 0.1) is 6.92 Å². The van der Waals surface area contributed by atoms with Gasteiger partial charge in [-0.05, 0) is 74.1 Å². The maximum absolute atomic E-state index is 13.1. The first kappa shape index (κ1) is 25.7. The van der Waals surface area contributed by atoms with Crippen LogP contribution in [0.4, 0.5) is 0 Å². The number of rotatable bonds is 8. The molecule has 6 nitrogen and oxygen atoms in total. The Kier molecular flexibility index (Phi) is 7.91. The Bertz CT molecular complexity index is 1300. The number of benzene rings is 3. The number of halogens is 1. The number of Topliss-reactive ketones (excluding diaryl/α,β-unsaturated/α-hetero) is 1. The molecule has 36 heavy (non-hydrogen) atoms. The van der Waals surface area contributed by atoms with Crippen molar-refractivity contribution in [3.05, 3.63) is 105 Å². The van der Waals surface area contributed by atoms with Gasteiger partial charge in [0.25, 0.3) is 11.7 Å². The van der Waals surface area contributed by atoms with Gasteiger partial charge >= 0.3 is 0 Å². The molecule has 0 saturated carbocycles. The monoisotopic (exact) mass is 548 g/mol. The highest BCUT2D eigenvalue weighted by atomic mass is 79.9. The van der Waals surface area contributed by atoms with Gasteiger partial charge in [0.05, 0.1) is 11.6 Å². The maximum atomic E-state index is 13.1. The molecule has 0 aromatic heterocycles. The summed E-state index contributed by atoms with van der Waals surface area (Å²) < 4.78 is 6.74. The zero-order valence-corrected chi connectivity index (χ0v) is 22.2. The van der Waals surface area contributed by atoms with Crippen molar-refractivity contribution in [3.63, 3.8) is 0 Å². The summed E-state index contributed by atoms with van der Waals surface area (Å²) in [5.74, 6) is -0.849. The predicted molar refractivity (Wildman–Crippen MR) is 144 cm³/mol. The minimum Gasteiger partial charge on any atom is -0.507 e. The Morgan fingerprint density at radius 3 is 2.42 bits per heavy atom. The molecular formula is C29H29BrN2O4. The van der Waals surface area contributed by atoms with Gasteiger partial charge in [-0.3, -0.25) is 9.59 Å². The molecule has 1 aliphatic rings. The minimum atomic E-state index is -0.684. The Morgan fingerprint density at radius 2 is 1.75 bits per heavy atom. The number of aryl methyl sites for hydroxylation is 1. The highest BCUT2D eigenvalue weighted by Crippen LogP contribution is 2.40. The van der Waals surface area contributed by atoms with Gasteiger partial charge in [-0.2, -0.15) is 0 Å². The van der Waals surface area contributed by atoms with Crippen LogP contribution in [0.1, 0.15) is 28.3 Å². The molecule has 3 aromatic rings. The number of likely N-dealkylation sites (N-methyl/N-ethyl adjacent to an activating group) is 1. The van der Waals surface area contributed by atoms with Crippen LogP contribution in [0.3, 0.4) is 0 Å². The van der Waals surface area contributed by atoms with Crippen LogP contribution >= 0.6 is 15.9 Å². The molecule has 1 atom stereocenters. The fourth-order valence-corrected chi connectivity index (χ4v) is 4.66. The summed E-state index contributed by atoms with van der Waals surface area (Å²) in [6, 6.07) is 21.7. The van der Waals surface area contributed by atoms with E-state index in [9.17, 15) is 14.7 Å². The normalized spacial score (nSPS) is 17.1. The number of hydrogen-bond donors (Lipinski definition) is 1. The van der Waals surface area contributed by atoms with Gasteiger partial charge < -0.3 is 19.6 Å². The standard InChI is InChI=1S/C29H29BrN2O4/c1-19-7-4-5-8-22(19)18-36-24-13-11-20(12-14-24)27(33)25-26(21-9-6-10-23(30)17-21)32(16-15-31(2)3)29(35)28(25)34/h4-14,17,26,33H,15-16,18H2,1-3H3. The predicted octanol–water partition coefficient (Wildman–Crippen LogP) is 5.32. The molecule has 0 aliphatic carbocycles. The molecule has 3 aromatic carbocycles. The lowest BCUT2D eigenvalue weighted by Crippen LogP contribution is -2.35. The van der Waals surface area contributed by atoms with Gasteiger partial charge in [0.15, 0.2) is 0 Å². The van der Waals surface area contributed by atoms with Crippen molar-refractivity contribution in [3.8, 4) is 5.75 Å². The zero-order chi connectivity index (χ0) is 25.8. The highest BCUT2D eigenvalue weighted by molar-refractivity contribution is 9.10. The first-order chi connectivity index (χ1) is 17.3. The first-order valence-corrected chi connectivity index (χ1v) is 12.5. The summed E-state index contributed by atoms with van der Waals surface area (Å²) in [5, 5.41) is 11.3. The van der Waals surface area contributed by atoms with E-state index in [-0.39, 0.29) is 11.3 Å². The molecule has 0 spiro atoms. The molecule has 1 fully saturated rings. The second-order valence-corrected chi connectivity index (χ2v) is 10.0. The number of ether oxygens (including phenoxy) is 1. The van der Waals surface area contributed by atoms with Crippen LogP contribution in [-0.2, 0) is 16.2 Å².